The molecule has 5 nitrogen and oxygen atoms in total. The van der Waals surface area contributed by atoms with Crippen LogP contribution in [0.4, 0.5) is 5.82 Å². The van der Waals surface area contributed by atoms with Crippen molar-refractivity contribution in [3.05, 3.63) is 17.8 Å². The minimum atomic E-state index is 0.170. The maximum Gasteiger partial charge on any atom is 0.151 e. The van der Waals surface area contributed by atoms with E-state index >= 15 is 0 Å². The first kappa shape index (κ1) is 15.3. The number of hydrogen-bond donors (Lipinski definition) is 0. The van der Waals surface area contributed by atoms with Gasteiger partial charge in [-0.1, -0.05) is 12.8 Å². The lowest BCUT2D eigenvalue weighted by molar-refractivity contribution is -0.0797. The predicted molar refractivity (Wildman–Crippen MR) is 88.6 cm³/mol. The van der Waals surface area contributed by atoms with Gasteiger partial charge in [-0.2, -0.15) is 5.10 Å². The molecule has 4 rings (SSSR count). The average Bonchev–Trinajstić information content (AvgIpc) is 3.21. The van der Waals surface area contributed by atoms with Gasteiger partial charge in [-0.25, -0.2) is 0 Å². The van der Waals surface area contributed by atoms with Crippen molar-refractivity contribution >= 4 is 5.82 Å². The van der Waals surface area contributed by atoms with Gasteiger partial charge < -0.3 is 14.4 Å². The molecule has 126 valence electrons. The first-order chi connectivity index (χ1) is 11.3. The SMILES string of the molecule is Cc1ccc(N2C[C@@H](OCC3CCCC3)[C@H]3OCCC[C@H]32)nn1. The van der Waals surface area contributed by atoms with E-state index in [4.69, 9.17) is 9.47 Å². The molecule has 1 aromatic heterocycles. The van der Waals surface area contributed by atoms with Crippen LogP contribution in [0.5, 0.6) is 0 Å². The van der Waals surface area contributed by atoms with Crippen molar-refractivity contribution < 1.29 is 9.47 Å². The quantitative estimate of drug-likeness (QED) is 0.854. The smallest absolute Gasteiger partial charge is 0.151 e. The molecule has 1 aliphatic carbocycles. The van der Waals surface area contributed by atoms with Crippen molar-refractivity contribution in [2.24, 2.45) is 5.92 Å². The largest absolute Gasteiger partial charge is 0.373 e. The Labute approximate surface area is 138 Å². The van der Waals surface area contributed by atoms with Crippen LogP contribution in [-0.4, -0.2) is 48.2 Å². The zero-order valence-electron chi connectivity index (χ0n) is 14.0. The Bertz CT molecular complexity index is 516. The molecule has 0 unspecified atom stereocenters. The zero-order chi connectivity index (χ0) is 15.6. The molecule has 3 aliphatic rings. The number of hydrogen-bond acceptors (Lipinski definition) is 5. The normalized spacial score (nSPS) is 31.5. The van der Waals surface area contributed by atoms with Gasteiger partial charge in [0, 0.05) is 19.8 Å². The van der Waals surface area contributed by atoms with Crippen molar-refractivity contribution in [2.75, 3.05) is 24.7 Å². The summed E-state index contributed by atoms with van der Waals surface area (Å²) in [4.78, 5) is 2.36. The second-order valence-corrected chi connectivity index (χ2v) is 7.25. The third-order valence-corrected chi connectivity index (χ3v) is 5.58. The van der Waals surface area contributed by atoms with E-state index < -0.39 is 0 Å². The van der Waals surface area contributed by atoms with Crippen molar-refractivity contribution in [2.45, 2.75) is 63.7 Å². The lowest BCUT2D eigenvalue weighted by atomic mass is 10.0. The Morgan fingerprint density at radius 3 is 2.83 bits per heavy atom. The van der Waals surface area contributed by atoms with E-state index in [9.17, 15) is 0 Å². The maximum absolute atomic E-state index is 6.32. The van der Waals surface area contributed by atoms with E-state index in [1.165, 1.54) is 25.7 Å². The van der Waals surface area contributed by atoms with Crippen LogP contribution in [-0.2, 0) is 9.47 Å². The van der Waals surface area contributed by atoms with E-state index in [0.717, 1.165) is 50.0 Å². The molecule has 2 aliphatic heterocycles. The number of anilines is 1. The van der Waals surface area contributed by atoms with Gasteiger partial charge in [0.25, 0.3) is 0 Å². The summed E-state index contributed by atoms with van der Waals surface area (Å²) >= 11 is 0. The van der Waals surface area contributed by atoms with E-state index in [2.05, 4.69) is 21.2 Å². The number of ether oxygens (including phenoxy) is 2. The summed E-state index contributed by atoms with van der Waals surface area (Å²) in [5.41, 5.74) is 0.957. The van der Waals surface area contributed by atoms with Crippen LogP contribution < -0.4 is 4.90 Å². The van der Waals surface area contributed by atoms with E-state index in [1.54, 1.807) is 0 Å². The Hall–Kier alpha value is -1.20. The molecule has 0 aromatic carbocycles. The standard InChI is InChI=1S/C18H27N3O2/c1-13-8-9-17(20-19-13)21-11-16(18-15(21)7-4-10-22-18)23-12-14-5-2-3-6-14/h8-9,14-16,18H,2-7,10-12H2,1H3/t15-,16-,18+/m1/s1. The minimum Gasteiger partial charge on any atom is -0.373 e. The van der Waals surface area contributed by atoms with Gasteiger partial charge in [-0.3, -0.25) is 0 Å². The highest BCUT2D eigenvalue weighted by atomic mass is 16.5. The summed E-state index contributed by atoms with van der Waals surface area (Å²) in [7, 11) is 0. The molecule has 0 N–H and O–H groups in total. The van der Waals surface area contributed by atoms with Gasteiger partial charge >= 0.3 is 0 Å². The van der Waals surface area contributed by atoms with Gasteiger partial charge in [-0.15, -0.1) is 5.10 Å². The Morgan fingerprint density at radius 2 is 2.04 bits per heavy atom. The summed E-state index contributed by atoms with van der Waals surface area (Å²) in [6, 6.07) is 4.50. The van der Waals surface area contributed by atoms with Crippen LogP contribution in [0.15, 0.2) is 12.1 Å². The summed E-state index contributed by atoms with van der Waals surface area (Å²) in [6.07, 6.45) is 8.02. The van der Waals surface area contributed by atoms with Gasteiger partial charge in [-0.05, 0) is 50.7 Å². The highest BCUT2D eigenvalue weighted by Gasteiger charge is 2.45. The number of rotatable bonds is 4. The van der Waals surface area contributed by atoms with Crippen LogP contribution in [0.3, 0.4) is 0 Å². The molecule has 2 saturated heterocycles. The monoisotopic (exact) mass is 317 g/mol. The Balaban J connectivity index is 1.46. The summed E-state index contributed by atoms with van der Waals surface area (Å²) in [6.45, 7) is 4.60. The molecule has 0 radical (unpaired) electrons. The van der Waals surface area contributed by atoms with Gasteiger partial charge in [0.1, 0.15) is 12.2 Å². The molecule has 23 heavy (non-hydrogen) atoms. The van der Waals surface area contributed by atoms with Crippen molar-refractivity contribution in [1.82, 2.24) is 10.2 Å². The molecule has 0 bridgehead atoms. The summed E-state index contributed by atoms with van der Waals surface area (Å²) in [5, 5.41) is 8.61. The Morgan fingerprint density at radius 1 is 1.17 bits per heavy atom. The lowest BCUT2D eigenvalue weighted by Gasteiger charge is -2.32. The maximum atomic E-state index is 6.32. The van der Waals surface area contributed by atoms with E-state index in [-0.39, 0.29) is 12.2 Å². The predicted octanol–water partition coefficient (Wildman–Crippen LogP) is 2.73. The molecule has 3 atom stereocenters. The fourth-order valence-electron chi connectivity index (χ4n) is 4.30. The second-order valence-electron chi connectivity index (χ2n) is 7.25. The van der Waals surface area contributed by atoms with Crippen molar-refractivity contribution in [1.29, 1.82) is 0 Å². The third kappa shape index (κ3) is 3.22. The van der Waals surface area contributed by atoms with E-state index in [1.807, 2.05) is 13.0 Å². The first-order valence-electron chi connectivity index (χ1n) is 9.11. The van der Waals surface area contributed by atoms with Crippen molar-refractivity contribution in [3.63, 3.8) is 0 Å². The molecular formula is C18H27N3O2. The van der Waals surface area contributed by atoms with Gasteiger partial charge in [0.05, 0.1) is 11.7 Å². The summed E-state index contributed by atoms with van der Waals surface area (Å²) in [5.74, 6) is 1.72. The molecule has 0 spiro atoms. The van der Waals surface area contributed by atoms with Crippen molar-refractivity contribution in [3.8, 4) is 0 Å². The molecule has 0 amide bonds. The molecule has 5 heteroatoms. The second kappa shape index (κ2) is 6.73. The van der Waals surface area contributed by atoms with E-state index in [0.29, 0.717) is 6.04 Å². The van der Waals surface area contributed by atoms with Crippen LogP contribution in [0, 0.1) is 12.8 Å². The van der Waals surface area contributed by atoms with Gasteiger partial charge in [0.15, 0.2) is 5.82 Å². The van der Waals surface area contributed by atoms with Crippen LogP contribution in [0.1, 0.15) is 44.2 Å². The molecular weight excluding hydrogens is 290 g/mol. The highest BCUT2D eigenvalue weighted by molar-refractivity contribution is 5.42. The fourth-order valence-corrected chi connectivity index (χ4v) is 4.30. The minimum absolute atomic E-state index is 0.170. The molecule has 1 aromatic rings. The zero-order valence-corrected chi connectivity index (χ0v) is 14.0. The van der Waals surface area contributed by atoms with Gasteiger partial charge in [0.2, 0.25) is 0 Å². The fraction of sp³-hybridized carbons (Fsp3) is 0.778. The molecule has 3 fully saturated rings. The number of aromatic nitrogens is 2. The number of fused-ring (bicyclic) bond motifs is 1. The average molecular weight is 317 g/mol. The third-order valence-electron chi connectivity index (χ3n) is 5.58. The molecule has 1 saturated carbocycles. The van der Waals surface area contributed by atoms with Crippen LogP contribution >= 0.6 is 0 Å². The topological polar surface area (TPSA) is 47.5 Å². The van der Waals surface area contributed by atoms with Crippen LogP contribution in [0.2, 0.25) is 0 Å². The number of nitrogens with zero attached hydrogens (tertiary/aromatic N) is 3. The van der Waals surface area contributed by atoms with Crippen LogP contribution in [0.25, 0.3) is 0 Å². The number of aryl methyl sites for hydroxylation is 1. The highest BCUT2D eigenvalue weighted by Crippen LogP contribution is 2.34. The first-order valence-corrected chi connectivity index (χ1v) is 9.11. The lowest BCUT2D eigenvalue weighted by Crippen LogP contribution is -2.42. The molecule has 3 heterocycles. The Kier molecular flexibility index (Phi) is 4.49. The summed E-state index contributed by atoms with van der Waals surface area (Å²) < 4.78 is 12.4.